The van der Waals surface area contributed by atoms with Gasteiger partial charge in [-0.05, 0) is 69.1 Å². The molecule has 1 aliphatic heterocycles. The van der Waals surface area contributed by atoms with Crippen molar-refractivity contribution in [1.82, 2.24) is 0 Å². The third-order valence-electron chi connectivity index (χ3n) is 8.30. The van der Waals surface area contributed by atoms with E-state index in [1.54, 1.807) is 0 Å². The fourth-order valence-corrected chi connectivity index (χ4v) is 5.83. The number of rotatable bonds is 3. The van der Waals surface area contributed by atoms with Crippen molar-refractivity contribution in [2.24, 2.45) is 5.41 Å². The Morgan fingerprint density at radius 3 is 1.59 bits per heavy atom. The van der Waals surface area contributed by atoms with E-state index in [1.165, 1.54) is 50.4 Å². The Morgan fingerprint density at radius 2 is 0.973 bits per heavy atom. The lowest BCUT2D eigenvalue weighted by Gasteiger charge is -2.50. The third kappa shape index (κ3) is 3.78. The van der Waals surface area contributed by atoms with Crippen molar-refractivity contribution >= 4 is 17.1 Å². The van der Waals surface area contributed by atoms with Gasteiger partial charge in [-0.1, -0.05) is 125 Å². The number of anilines is 3. The number of para-hydroxylation sites is 1. The molecule has 1 heterocycles. The first-order valence-electron chi connectivity index (χ1n) is 13.1. The average molecular weight is 480 g/mol. The van der Waals surface area contributed by atoms with E-state index < -0.39 is 0 Å². The van der Waals surface area contributed by atoms with E-state index in [0.29, 0.717) is 0 Å². The molecule has 1 unspecified atom stereocenters. The van der Waals surface area contributed by atoms with Gasteiger partial charge in [0.2, 0.25) is 0 Å². The highest BCUT2D eigenvalue weighted by Gasteiger charge is 2.47. The van der Waals surface area contributed by atoms with Crippen LogP contribution in [-0.4, -0.2) is 0 Å². The first-order valence-corrected chi connectivity index (χ1v) is 13.1. The zero-order chi connectivity index (χ0) is 25.6. The van der Waals surface area contributed by atoms with E-state index in [9.17, 15) is 0 Å². The average Bonchev–Trinajstić information content (AvgIpc) is 2.94. The summed E-state index contributed by atoms with van der Waals surface area (Å²) in [5.74, 6) is 0. The first-order chi connectivity index (χ1) is 17.9. The molecule has 0 fully saturated rings. The van der Waals surface area contributed by atoms with Crippen molar-refractivity contribution in [1.29, 1.82) is 0 Å². The van der Waals surface area contributed by atoms with Gasteiger partial charge in [-0.25, -0.2) is 0 Å². The fourth-order valence-electron chi connectivity index (χ4n) is 5.83. The molecule has 37 heavy (non-hydrogen) atoms. The lowest BCUT2D eigenvalue weighted by molar-refractivity contribution is 0.248. The molecule has 0 aliphatic carbocycles. The van der Waals surface area contributed by atoms with E-state index in [4.69, 9.17) is 0 Å². The van der Waals surface area contributed by atoms with Crippen LogP contribution in [0.25, 0.3) is 22.3 Å². The van der Waals surface area contributed by atoms with Crippen LogP contribution in [0, 0.1) is 5.41 Å². The van der Waals surface area contributed by atoms with Crippen molar-refractivity contribution in [2.75, 3.05) is 4.90 Å². The van der Waals surface area contributed by atoms with Gasteiger partial charge in [0.15, 0.2) is 0 Å². The van der Waals surface area contributed by atoms with Gasteiger partial charge >= 0.3 is 0 Å². The van der Waals surface area contributed by atoms with Gasteiger partial charge in [-0.15, -0.1) is 0 Å². The van der Waals surface area contributed by atoms with Crippen LogP contribution >= 0.6 is 0 Å². The smallest absolute Gasteiger partial charge is 0.0503 e. The SMILES string of the molecule is CC(C)(C)C1(C)c2ccccc2N(c2ccc(-c3ccccc3)cc2)c2ccc(-c3ccccc3)cc21. The summed E-state index contributed by atoms with van der Waals surface area (Å²) in [4.78, 5) is 2.45. The first kappa shape index (κ1) is 23.3. The predicted molar refractivity (Wildman–Crippen MR) is 158 cm³/mol. The molecule has 1 heteroatoms. The number of nitrogens with zero attached hydrogens (tertiary/aromatic N) is 1. The summed E-state index contributed by atoms with van der Waals surface area (Å²) in [6.45, 7) is 9.53. The number of fused-ring (bicyclic) bond motifs is 2. The molecule has 0 spiro atoms. The fraction of sp³-hybridized carbons (Fsp3) is 0.167. The van der Waals surface area contributed by atoms with Crippen LogP contribution in [0.3, 0.4) is 0 Å². The Bertz CT molecular complexity index is 1540. The molecule has 0 aromatic heterocycles. The second-order valence-corrected chi connectivity index (χ2v) is 11.2. The van der Waals surface area contributed by atoms with E-state index in [-0.39, 0.29) is 10.8 Å². The molecular formula is C36H33N. The van der Waals surface area contributed by atoms with Gasteiger partial charge in [0, 0.05) is 11.1 Å². The summed E-state index contributed by atoms with van der Waals surface area (Å²) in [5, 5.41) is 0. The Morgan fingerprint density at radius 1 is 0.486 bits per heavy atom. The third-order valence-corrected chi connectivity index (χ3v) is 8.30. The summed E-state index contributed by atoms with van der Waals surface area (Å²) in [6, 6.07) is 46.3. The van der Waals surface area contributed by atoms with Crippen LogP contribution in [0.15, 0.2) is 127 Å². The molecule has 0 bridgehead atoms. The van der Waals surface area contributed by atoms with E-state index in [2.05, 4.69) is 160 Å². The summed E-state index contributed by atoms with van der Waals surface area (Å²) in [5.41, 5.74) is 11.2. The van der Waals surface area contributed by atoms with Crippen molar-refractivity contribution in [2.45, 2.75) is 33.1 Å². The number of benzene rings is 5. The Labute approximate surface area is 221 Å². The largest absolute Gasteiger partial charge is 0.310 e. The van der Waals surface area contributed by atoms with E-state index >= 15 is 0 Å². The van der Waals surface area contributed by atoms with E-state index in [0.717, 1.165) is 0 Å². The minimum absolute atomic E-state index is 0.0103. The second kappa shape index (κ2) is 8.78. The maximum Gasteiger partial charge on any atom is 0.0503 e. The van der Waals surface area contributed by atoms with Crippen LogP contribution < -0.4 is 4.90 Å². The second-order valence-electron chi connectivity index (χ2n) is 11.2. The monoisotopic (exact) mass is 479 g/mol. The molecule has 5 aromatic rings. The molecule has 0 saturated carbocycles. The minimum Gasteiger partial charge on any atom is -0.310 e. The van der Waals surface area contributed by atoms with Crippen molar-refractivity contribution in [3.8, 4) is 22.3 Å². The summed E-state index contributed by atoms with van der Waals surface area (Å²) < 4.78 is 0. The quantitative estimate of drug-likeness (QED) is 0.249. The molecule has 6 rings (SSSR count). The molecule has 0 amide bonds. The Balaban J connectivity index is 1.57. The molecular weight excluding hydrogens is 446 g/mol. The van der Waals surface area contributed by atoms with Crippen LogP contribution in [0.4, 0.5) is 17.1 Å². The topological polar surface area (TPSA) is 3.24 Å². The molecule has 1 nitrogen and oxygen atoms in total. The van der Waals surface area contributed by atoms with Crippen molar-refractivity contribution in [3.63, 3.8) is 0 Å². The molecule has 182 valence electrons. The summed E-state index contributed by atoms with van der Waals surface area (Å²) >= 11 is 0. The van der Waals surface area contributed by atoms with Gasteiger partial charge in [0.05, 0.1) is 11.4 Å². The Hall–Kier alpha value is -4.10. The maximum absolute atomic E-state index is 2.45. The molecule has 1 aliphatic rings. The van der Waals surface area contributed by atoms with E-state index in [1.807, 2.05) is 0 Å². The van der Waals surface area contributed by atoms with Crippen LogP contribution in [-0.2, 0) is 5.41 Å². The van der Waals surface area contributed by atoms with Gasteiger partial charge in [0.25, 0.3) is 0 Å². The highest BCUT2D eigenvalue weighted by atomic mass is 15.2. The number of hydrogen-bond acceptors (Lipinski definition) is 1. The Kier molecular flexibility index (Phi) is 5.53. The zero-order valence-electron chi connectivity index (χ0n) is 22.1. The van der Waals surface area contributed by atoms with Crippen LogP contribution in [0.5, 0.6) is 0 Å². The molecule has 0 radical (unpaired) electrons. The molecule has 1 atom stereocenters. The molecule has 0 N–H and O–H groups in total. The standard InChI is InChI=1S/C36H33N/c1-35(2,3)36(4)31-17-11-12-18-33(31)37(30-22-19-28(20-23-30)26-13-7-5-8-14-26)34-24-21-29(25-32(34)36)27-15-9-6-10-16-27/h5-25H,1-4H3. The van der Waals surface area contributed by atoms with Gasteiger partial charge in [-0.2, -0.15) is 0 Å². The predicted octanol–water partition coefficient (Wildman–Crippen LogP) is 10.2. The van der Waals surface area contributed by atoms with Gasteiger partial charge in [0.1, 0.15) is 0 Å². The lowest BCUT2D eigenvalue weighted by atomic mass is 9.58. The van der Waals surface area contributed by atoms with Gasteiger partial charge in [-0.3, -0.25) is 0 Å². The lowest BCUT2D eigenvalue weighted by Crippen LogP contribution is -2.43. The number of hydrogen-bond donors (Lipinski definition) is 0. The van der Waals surface area contributed by atoms with Crippen molar-refractivity contribution < 1.29 is 0 Å². The van der Waals surface area contributed by atoms with Gasteiger partial charge < -0.3 is 4.90 Å². The molecule has 5 aromatic carbocycles. The highest BCUT2D eigenvalue weighted by molar-refractivity contribution is 5.88. The summed E-state index contributed by atoms with van der Waals surface area (Å²) in [7, 11) is 0. The van der Waals surface area contributed by atoms with Crippen LogP contribution in [0.1, 0.15) is 38.8 Å². The van der Waals surface area contributed by atoms with Crippen LogP contribution in [0.2, 0.25) is 0 Å². The summed E-state index contributed by atoms with van der Waals surface area (Å²) in [6.07, 6.45) is 0. The zero-order valence-corrected chi connectivity index (χ0v) is 22.1. The normalized spacial score (nSPS) is 16.7. The minimum atomic E-state index is -0.163. The maximum atomic E-state index is 2.45. The molecule has 0 saturated heterocycles. The highest BCUT2D eigenvalue weighted by Crippen LogP contribution is 2.58. The van der Waals surface area contributed by atoms with Crippen molar-refractivity contribution in [3.05, 3.63) is 139 Å².